The molecule has 1 aliphatic rings. The Morgan fingerprint density at radius 2 is 1.80 bits per heavy atom. The summed E-state index contributed by atoms with van der Waals surface area (Å²) in [6, 6.07) is 10.4. The molecule has 0 bridgehead atoms. The third-order valence-corrected chi connectivity index (χ3v) is 6.33. The van der Waals surface area contributed by atoms with Gasteiger partial charge in [-0.05, 0) is 64.4 Å². The quantitative estimate of drug-likeness (QED) is 0.539. The highest BCUT2D eigenvalue weighted by Crippen LogP contribution is 2.30. The predicted molar refractivity (Wildman–Crippen MR) is 117 cm³/mol. The van der Waals surface area contributed by atoms with E-state index in [0.717, 1.165) is 77.5 Å². The van der Waals surface area contributed by atoms with Crippen LogP contribution in [0.1, 0.15) is 47.2 Å². The monoisotopic (exact) mass is 401 g/mol. The largest absolute Gasteiger partial charge is 0.296 e. The van der Waals surface area contributed by atoms with Gasteiger partial charge >= 0.3 is 0 Å². The Labute approximate surface area is 175 Å². The molecule has 0 saturated carbocycles. The molecule has 2 N–H and O–H groups in total. The number of benzene rings is 1. The number of aromatic amines is 2. The van der Waals surface area contributed by atoms with Crippen LogP contribution < -0.4 is 0 Å². The normalized spacial score (nSPS) is 15.8. The Morgan fingerprint density at radius 3 is 2.57 bits per heavy atom. The third kappa shape index (κ3) is 3.50. The van der Waals surface area contributed by atoms with Crippen LogP contribution in [0.4, 0.5) is 0 Å². The summed E-state index contributed by atoms with van der Waals surface area (Å²) in [6.45, 7) is 9.06. The van der Waals surface area contributed by atoms with E-state index in [4.69, 9.17) is 9.97 Å². The first kappa shape index (κ1) is 18.9. The molecule has 154 valence electrons. The van der Waals surface area contributed by atoms with E-state index in [0.29, 0.717) is 5.92 Å². The van der Waals surface area contributed by atoms with Gasteiger partial charge < -0.3 is 0 Å². The second-order valence-corrected chi connectivity index (χ2v) is 8.32. The standard InChI is InChI=1S/C23H27N7/c1-14-15(2)26-29-23(14)21-12-20(27-28-21)17-8-10-30(11-9-17)13-22-24-16(3)18-6-4-5-7-19(18)25-22/h4-7,12,17H,8-11,13H2,1-3H3,(H,26,29)(H,27,28). The van der Waals surface area contributed by atoms with Crippen molar-refractivity contribution in [1.29, 1.82) is 0 Å². The number of para-hydroxylation sites is 1. The van der Waals surface area contributed by atoms with E-state index in [1.165, 1.54) is 5.69 Å². The van der Waals surface area contributed by atoms with Crippen LogP contribution in [0.2, 0.25) is 0 Å². The zero-order chi connectivity index (χ0) is 20.7. The minimum Gasteiger partial charge on any atom is -0.296 e. The van der Waals surface area contributed by atoms with Crippen molar-refractivity contribution in [1.82, 2.24) is 35.3 Å². The Kier molecular flexibility index (Phi) is 4.83. The molecule has 4 aromatic rings. The summed E-state index contributed by atoms with van der Waals surface area (Å²) in [4.78, 5) is 12.0. The van der Waals surface area contributed by atoms with Crippen LogP contribution in [0.5, 0.6) is 0 Å². The molecule has 30 heavy (non-hydrogen) atoms. The molecule has 7 nitrogen and oxygen atoms in total. The Bertz CT molecular complexity index is 1180. The molecule has 3 aromatic heterocycles. The SMILES string of the molecule is Cc1[nH]nc(-c2cc(C3CCN(Cc4nc(C)c5ccccc5n4)CC3)[nH]n2)c1C. The van der Waals surface area contributed by atoms with Crippen LogP contribution in [0.3, 0.4) is 0 Å². The molecule has 0 spiro atoms. The summed E-state index contributed by atoms with van der Waals surface area (Å²) in [7, 11) is 0. The number of hydrogen-bond acceptors (Lipinski definition) is 5. The van der Waals surface area contributed by atoms with Crippen molar-refractivity contribution in [3.05, 3.63) is 58.8 Å². The number of piperidine rings is 1. The van der Waals surface area contributed by atoms with E-state index in [9.17, 15) is 0 Å². The molecule has 0 radical (unpaired) electrons. The Hall–Kier alpha value is -3.06. The summed E-state index contributed by atoms with van der Waals surface area (Å²) >= 11 is 0. The number of H-pyrrole nitrogens is 2. The molecule has 0 unspecified atom stereocenters. The molecule has 1 saturated heterocycles. The van der Waals surface area contributed by atoms with Crippen LogP contribution in [-0.2, 0) is 6.54 Å². The number of likely N-dealkylation sites (tertiary alicyclic amines) is 1. The second-order valence-electron chi connectivity index (χ2n) is 8.32. The third-order valence-electron chi connectivity index (χ3n) is 6.33. The van der Waals surface area contributed by atoms with Gasteiger partial charge in [0.15, 0.2) is 0 Å². The molecule has 4 heterocycles. The van der Waals surface area contributed by atoms with Crippen LogP contribution >= 0.6 is 0 Å². The first-order valence-corrected chi connectivity index (χ1v) is 10.6. The van der Waals surface area contributed by atoms with Crippen molar-refractivity contribution in [2.45, 2.75) is 46.1 Å². The van der Waals surface area contributed by atoms with Gasteiger partial charge in [0.05, 0.1) is 12.1 Å². The topological polar surface area (TPSA) is 86.4 Å². The van der Waals surface area contributed by atoms with E-state index in [2.05, 4.69) is 57.3 Å². The fraction of sp³-hybridized carbons (Fsp3) is 0.391. The molecule has 5 rings (SSSR count). The molecular formula is C23H27N7. The number of fused-ring (bicyclic) bond motifs is 1. The van der Waals surface area contributed by atoms with Crippen molar-refractivity contribution in [3.63, 3.8) is 0 Å². The van der Waals surface area contributed by atoms with Gasteiger partial charge in [-0.1, -0.05) is 18.2 Å². The molecular weight excluding hydrogens is 374 g/mol. The summed E-state index contributed by atoms with van der Waals surface area (Å²) in [5, 5.41) is 16.4. The van der Waals surface area contributed by atoms with Crippen molar-refractivity contribution in [2.75, 3.05) is 13.1 Å². The van der Waals surface area contributed by atoms with Crippen molar-refractivity contribution in [2.24, 2.45) is 0 Å². The number of nitrogens with zero attached hydrogens (tertiary/aromatic N) is 5. The van der Waals surface area contributed by atoms with Crippen molar-refractivity contribution in [3.8, 4) is 11.4 Å². The van der Waals surface area contributed by atoms with E-state index < -0.39 is 0 Å². The average Bonchev–Trinajstić information content (AvgIpc) is 3.36. The number of rotatable bonds is 4. The van der Waals surface area contributed by atoms with Gasteiger partial charge in [-0.3, -0.25) is 15.1 Å². The number of hydrogen-bond donors (Lipinski definition) is 2. The van der Waals surface area contributed by atoms with Crippen molar-refractivity contribution < 1.29 is 0 Å². The summed E-state index contributed by atoms with van der Waals surface area (Å²) in [6.07, 6.45) is 2.21. The average molecular weight is 402 g/mol. The lowest BCUT2D eigenvalue weighted by atomic mass is 9.93. The van der Waals surface area contributed by atoms with Gasteiger partial charge in [0.1, 0.15) is 17.2 Å². The minimum atomic E-state index is 0.502. The fourth-order valence-electron chi connectivity index (χ4n) is 4.37. The molecule has 0 aliphatic carbocycles. The zero-order valence-electron chi connectivity index (χ0n) is 17.7. The lowest BCUT2D eigenvalue weighted by Gasteiger charge is -2.30. The van der Waals surface area contributed by atoms with Gasteiger partial charge in [-0.2, -0.15) is 10.2 Å². The second kappa shape index (κ2) is 7.65. The molecule has 1 aliphatic heterocycles. The lowest BCUT2D eigenvalue weighted by molar-refractivity contribution is 0.199. The maximum absolute atomic E-state index is 4.78. The van der Waals surface area contributed by atoms with Crippen LogP contribution in [-0.4, -0.2) is 48.4 Å². The van der Waals surface area contributed by atoms with Crippen molar-refractivity contribution >= 4 is 10.9 Å². The number of aryl methyl sites for hydroxylation is 2. The number of nitrogens with one attached hydrogen (secondary N) is 2. The lowest BCUT2D eigenvalue weighted by Crippen LogP contribution is -2.33. The zero-order valence-corrected chi connectivity index (χ0v) is 17.7. The predicted octanol–water partition coefficient (Wildman–Crippen LogP) is 4.05. The highest BCUT2D eigenvalue weighted by atomic mass is 15.2. The van der Waals surface area contributed by atoms with E-state index >= 15 is 0 Å². The Balaban J connectivity index is 1.24. The van der Waals surface area contributed by atoms with E-state index in [1.54, 1.807) is 0 Å². The molecule has 0 amide bonds. The maximum Gasteiger partial charge on any atom is 0.143 e. The molecule has 1 fully saturated rings. The van der Waals surface area contributed by atoms with Gasteiger partial charge in [-0.15, -0.1) is 0 Å². The highest BCUT2D eigenvalue weighted by Gasteiger charge is 2.24. The first-order chi connectivity index (χ1) is 14.6. The van der Waals surface area contributed by atoms with Gasteiger partial charge in [0.2, 0.25) is 0 Å². The fourth-order valence-corrected chi connectivity index (χ4v) is 4.37. The van der Waals surface area contributed by atoms with Crippen LogP contribution in [0, 0.1) is 20.8 Å². The Morgan fingerprint density at radius 1 is 1.00 bits per heavy atom. The maximum atomic E-state index is 4.78. The van der Waals surface area contributed by atoms with E-state index in [-0.39, 0.29) is 0 Å². The summed E-state index contributed by atoms with van der Waals surface area (Å²) in [5.74, 6) is 1.42. The summed E-state index contributed by atoms with van der Waals surface area (Å²) < 4.78 is 0. The molecule has 1 aromatic carbocycles. The van der Waals surface area contributed by atoms with E-state index in [1.807, 2.05) is 19.1 Å². The minimum absolute atomic E-state index is 0.502. The number of aromatic nitrogens is 6. The van der Waals surface area contributed by atoms with Gasteiger partial charge in [-0.25, -0.2) is 9.97 Å². The molecule has 7 heteroatoms. The van der Waals surface area contributed by atoms with Crippen LogP contribution in [0.25, 0.3) is 22.3 Å². The molecule has 0 atom stereocenters. The first-order valence-electron chi connectivity index (χ1n) is 10.6. The van der Waals surface area contributed by atoms with Crippen LogP contribution in [0.15, 0.2) is 30.3 Å². The van der Waals surface area contributed by atoms with Gasteiger partial charge in [0.25, 0.3) is 0 Å². The smallest absolute Gasteiger partial charge is 0.143 e. The summed E-state index contributed by atoms with van der Waals surface area (Å²) in [5.41, 5.74) is 7.42. The highest BCUT2D eigenvalue weighted by molar-refractivity contribution is 5.80. The van der Waals surface area contributed by atoms with Gasteiger partial charge in [0, 0.05) is 28.4 Å².